The number of alkyl halides is 3. The van der Waals surface area contributed by atoms with Crippen molar-refractivity contribution in [2.24, 2.45) is 0 Å². The smallest absolute Gasteiger partial charge is 0.314 e. The molecule has 8 nitrogen and oxygen atoms in total. The summed E-state index contributed by atoms with van der Waals surface area (Å²) in [5.74, 6) is -0.855. The molecule has 210 valence electrons. The van der Waals surface area contributed by atoms with E-state index < -0.39 is 33.8 Å². The van der Waals surface area contributed by atoms with Crippen LogP contribution in [0.5, 0.6) is 0 Å². The molecule has 2 aromatic heterocycles. The number of nitrogens with zero attached hydrogens (tertiary/aromatic N) is 5. The molecule has 0 bridgehead atoms. The summed E-state index contributed by atoms with van der Waals surface area (Å²) in [5.41, 5.74) is 2.33. The molecule has 39 heavy (non-hydrogen) atoms. The van der Waals surface area contributed by atoms with Gasteiger partial charge >= 0.3 is 6.43 Å². The van der Waals surface area contributed by atoms with Gasteiger partial charge in [-0.2, -0.15) is 8.78 Å². The normalized spacial score (nSPS) is 21.4. The number of aryl methyl sites for hydroxylation is 1. The van der Waals surface area contributed by atoms with Crippen LogP contribution in [0.15, 0.2) is 47.0 Å². The van der Waals surface area contributed by atoms with Gasteiger partial charge in [0, 0.05) is 12.2 Å². The Hall–Kier alpha value is -2.99. The lowest BCUT2D eigenvalue weighted by atomic mass is 9.91. The molecule has 0 unspecified atom stereocenters. The molecule has 0 spiro atoms. The molecule has 1 saturated heterocycles. The first kappa shape index (κ1) is 27.6. The van der Waals surface area contributed by atoms with Crippen LogP contribution >= 0.6 is 0 Å². The number of piperidine rings is 1. The summed E-state index contributed by atoms with van der Waals surface area (Å²) in [6.45, 7) is 3.26. The van der Waals surface area contributed by atoms with Crippen LogP contribution < -0.4 is 4.31 Å². The number of aromatic nitrogens is 3. The predicted molar refractivity (Wildman–Crippen MR) is 141 cm³/mol. The number of benzene rings is 1. The summed E-state index contributed by atoms with van der Waals surface area (Å²) in [4.78, 5) is 6.70. The summed E-state index contributed by atoms with van der Waals surface area (Å²) in [6.07, 6.45) is 1.64. The van der Waals surface area contributed by atoms with Gasteiger partial charge in [-0.1, -0.05) is 12.1 Å². The van der Waals surface area contributed by atoms with E-state index in [1.165, 1.54) is 10.5 Å². The van der Waals surface area contributed by atoms with Gasteiger partial charge in [0.1, 0.15) is 6.17 Å². The summed E-state index contributed by atoms with van der Waals surface area (Å²) in [7, 11) is -3.74. The molecule has 0 atom stereocenters. The van der Waals surface area contributed by atoms with Crippen LogP contribution in [-0.2, 0) is 16.6 Å². The Labute approximate surface area is 226 Å². The Morgan fingerprint density at radius 3 is 2.41 bits per heavy atom. The topological polar surface area (TPSA) is 92.4 Å². The van der Waals surface area contributed by atoms with E-state index in [0.717, 1.165) is 18.4 Å². The summed E-state index contributed by atoms with van der Waals surface area (Å²) in [6, 6.07) is 10.9. The highest BCUT2D eigenvalue weighted by Gasteiger charge is 2.37. The predicted octanol–water partition coefficient (Wildman–Crippen LogP) is 5.46. The van der Waals surface area contributed by atoms with Crippen LogP contribution in [0.3, 0.4) is 0 Å². The van der Waals surface area contributed by atoms with Crippen molar-refractivity contribution in [3.05, 3.63) is 59.7 Å². The lowest BCUT2D eigenvalue weighted by molar-refractivity contribution is 0.103. The van der Waals surface area contributed by atoms with E-state index in [9.17, 15) is 21.6 Å². The lowest BCUT2D eigenvalue weighted by Gasteiger charge is -2.40. The van der Waals surface area contributed by atoms with Crippen LogP contribution in [0.1, 0.15) is 62.1 Å². The van der Waals surface area contributed by atoms with Crippen LogP contribution in [-0.4, -0.2) is 59.1 Å². The number of sulfonamides is 1. The average molecular weight is 564 g/mol. The van der Waals surface area contributed by atoms with E-state index in [1.54, 1.807) is 18.2 Å². The first-order valence-electron chi connectivity index (χ1n) is 13.2. The molecule has 0 N–H and O–H groups in total. The number of likely N-dealkylation sites (tertiary alicyclic amines) is 1. The van der Waals surface area contributed by atoms with E-state index in [4.69, 9.17) is 4.42 Å². The largest absolute Gasteiger partial charge is 0.415 e. The molecule has 2 aliphatic rings. The second-order valence-electron chi connectivity index (χ2n) is 10.3. The highest BCUT2D eigenvalue weighted by molar-refractivity contribution is 7.93. The highest BCUT2D eigenvalue weighted by atomic mass is 32.2. The van der Waals surface area contributed by atoms with Gasteiger partial charge in [0.2, 0.25) is 15.9 Å². The van der Waals surface area contributed by atoms with Gasteiger partial charge in [0.25, 0.3) is 5.89 Å². The Kier molecular flexibility index (Phi) is 8.22. The van der Waals surface area contributed by atoms with E-state index >= 15 is 0 Å². The highest BCUT2D eigenvalue weighted by Crippen LogP contribution is 2.32. The standard InChI is InChI=1S/C27H32F3N5O3S/c1-18-3-2-4-23(15-18)35(17-21-8-5-19(16-31-21)26-32-33-27(38-26)25(29)30)39(36,37)24-11-13-34(14-12-24)22-9-6-20(28)7-10-22/h2-5,8,15-16,20,22,24-25H,6-7,9-14,17H2,1H3. The van der Waals surface area contributed by atoms with Crippen LogP contribution in [0.25, 0.3) is 11.5 Å². The second-order valence-corrected chi connectivity index (χ2v) is 12.5. The maximum atomic E-state index is 14.0. The number of hydrogen-bond donors (Lipinski definition) is 0. The van der Waals surface area contributed by atoms with Crippen molar-refractivity contribution in [3.63, 3.8) is 0 Å². The fraction of sp³-hybridized carbons (Fsp3) is 0.519. The molecular formula is C27H32F3N5O3S. The van der Waals surface area contributed by atoms with Gasteiger partial charge < -0.3 is 9.32 Å². The lowest BCUT2D eigenvalue weighted by Crippen LogP contribution is -2.49. The summed E-state index contributed by atoms with van der Waals surface area (Å²) in [5, 5.41) is 6.42. The van der Waals surface area contributed by atoms with Gasteiger partial charge in [-0.25, -0.2) is 12.8 Å². The maximum Gasteiger partial charge on any atom is 0.314 e. The molecule has 0 radical (unpaired) electrons. The number of halogens is 3. The average Bonchev–Trinajstić information content (AvgIpc) is 3.43. The van der Waals surface area contributed by atoms with Crippen molar-refractivity contribution in [2.45, 2.75) is 75.9 Å². The summed E-state index contributed by atoms with van der Waals surface area (Å²) >= 11 is 0. The Balaban J connectivity index is 1.33. The molecule has 1 aliphatic heterocycles. The molecule has 0 amide bonds. The van der Waals surface area contributed by atoms with Crippen molar-refractivity contribution >= 4 is 15.7 Å². The zero-order valence-corrected chi connectivity index (χ0v) is 22.5. The molecule has 5 rings (SSSR count). The fourth-order valence-corrected chi connectivity index (χ4v) is 7.35. The fourth-order valence-electron chi connectivity index (χ4n) is 5.46. The molecule has 12 heteroatoms. The number of hydrogen-bond acceptors (Lipinski definition) is 7. The van der Waals surface area contributed by atoms with Crippen LogP contribution in [0, 0.1) is 6.92 Å². The zero-order valence-electron chi connectivity index (χ0n) is 21.7. The minimum Gasteiger partial charge on any atom is -0.415 e. The van der Waals surface area contributed by atoms with Crippen LogP contribution in [0.2, 0.25) is 0 Å². The summed E-state index contributed by atoms with van der Waals surface area (Å²) < 4.78 is 73.6. The third kappa shape index (κ3) is 6.27. The Morgan fingerprint density at radius 1 is 1.05 bits per heavy atom. The molecule has 1 aliphatic carbocycles. The molecule has 1 saturated carbocycles. The number of rotatable bonds is 8. The van der Waals surface area contributed by atoms with E-state index in [0.29, 0.717) is 61.8 Å². The van der Waals surface area contributed by atoms with Crippen LogP contribution in [0.4, 0.5) is 18.9 Å². The monoisotopic (exact) mass is 563 g/mol. The van der Waals surface area contributed by atoms with E-state index in [2.05, 4.69) is 20.1 Å². The Bertz CT molecular complexity index is 1350. The third-order valence-electron chi connectivity index (χ3n) is 7.64. The molecule has 3 heterocycles. The quantitative estimate of drug-likeness (QED) is 0.359. The van der Waals surface area contributed by atoms with Crippen molar-refractivity contribution in [2.75, 3.05) is 17.4 Å². The number of anilines is 1. The molecule has 3 aromatic rings. The first-order valence-corrected chi connectivity index (χ1v) is 14.7. The Morgan fingerprint density at radius 2 is 1.79 bits per heavy atom. The molecule has 2 fully saturated rings. The van der Waals surface area contributed by atoms with Gasteiger partial charge in [0.15, 0.2) is 0 Å². The number of pyridine rings is 1. The van der Waals surface area contributed by atoms with E-state index in [1.807, 2.05) is 25.1 Å². The second kappa shape index (κ2) is 11.6. The first-order chi connectivity index (χ1) is 18.7. The minimum atomic E-state index is -3.74. The molecule has 1 aromatic carbocycles. The third-order valence-corrected chi connectivity index (χ3v) is 9.91. The maximum absolute atomic E-state index is 14.0. The van der Waals surface area contributed by atoms with Gasteiger partial charge in [-0.15, -0.1) is 10.2 Å². The van der Waals surface area contributed by atoms with Crippen molar-refractivity contribution in [1.82, 2.24) is 20.1 Å². The van der Waals surface area contributed by atoms with E-state index in [-0.39, 0.29) is 12.4 Å². The SMILES string of the molecule is Cc1cccc(N(Cc2ccc(-c3nnc(C(F)F)o3)cn2)S(=O)(=O)C2CCN(C3CCC(F)CC3)CC2)c1. The molecular weight excluding hydrogens is 531 g/mol. The van der Waals surface area contributed by atoms with Gasteiger partial charge in [-0.3, -0.25) is 9.29 Å². The van der Waals surface area contributed by atoms with Gasteiger partial charge in [-0.05, 0) is 88.4 Å². The van der Waals surface area contributed by atoms with Crippen molar-refractivity contribution in [1.29, 1.82) is 0 Å². The van der Waals surface area contributed by atoms with Gasteiger partial charge in [0.05, 0.1) is 28.7 Å². The van der Waals surface area contributed by atoms with Crippen molar-refractivity contribution in [3.8, 4) is 11.5 Å². The zero-order chi connectivity index (χ0) is 27.6. The van der Waals surface area contributed by atoms with Crippen molar-refractivity contribution < 1.29 is 26.0 Å². The minimum absolute atomic E-state index is 0.0128.